The smallest absolute Gasteiger partial charge is 0.0166 e. The van der Waals surface area contributed by atoms with Crippen molar-refractivity contribution in [2.75, 3.05) is 25.4 Å². The zero-order chi connectivity index (χ0) is 8.10. The van der Waals surface area contributed by atoms with E-state index in [4.69, 9.17) is 0 Å². The maximum atomic E-state index is 4.21. The van der Waals surface area contributed by atoms with Crippen LogP contribution in [0.25, 0.3) is 0 Å². The number of hydrogen-bond acceptors (Lipinski definition) is 2. The minimum absolute atomic E-state index is 0.897. The summed E-state index contributed by atoms with van der Waals surface area (Å²) in [5.74, 6) is 0.897. The van der Waals surface area contributed by atoms with Crippen molar-refractivity contribution >= 4 is 12.6 Å². The van der Waals surface area contributed by atoms with Crippen LogP contribution < -0.4 is 0 Å². The summed E-state index contributed by atoms with van der Waals surface area (Å²) < 4.78 is 0. The van der Waals surface area contributed by atoms with E-state index < -0.39 is 0 Å². The lowest BCUT2D eigenvalue weighted by Crippen LogP contribution is -2.19. The molecule has 1 aliphatic heterocycles. The van der Waals surface area contributed by atoms with Gasteiger partial charge < -0.3 is 0 Å². The van der Waals surface area contributed by atoms with E-state index in [9.17, 15) is 0 Å². The minimum atomic E-state index is 0.897. The average molecular weight is 171 g/mol. The Morgan fingerprint density at radius 1 is 1.45 bits per heavy atom. The molecule has 0 amide bonds. The van der Waals surface area contributed by atoms with E-state index in [0.29, 0.717) is 0 Å². The minimum Gasteiger partial charge on any atom is -0.300 e. The Morgan fingerprint density at radius 2 is 2.09 bits per heavy atom. The molecule has 0 unspecified atom stereocenters. The molecule has 0 aromatic carbocycles. The summed E-state index contributed by atoms with van der Waals surface area (Å²) in [5, 5.41) is 0. The van der Waals surface area contributed by atoms with Crippen molar-refractivity contribution in [1.82, 2.24) is 4.90 Å². The molecule has 0 saturated carbocycles. The van der Waals surface area contributed by atoms with Gasteiger partial charge in [0, 0.05) is 12.3 Å². The van der Waals surface area contributed by atoms with Gasteiger partial charge in [0.2, 0.25) is 0 Å². The van der Waals surface area contributed by atoms with Crippen molar-refractivity contribution in [1.29, 1.82) is 0 Å². The molecule has 1 nitrogen and oxygen atoms in total. The van der Waals surface area contributed by atoms with Crippen LogP contribution in [0.2, 0.25) is 0 Å². The van der Waals surface area contributed by atoms with E-state index in [1.165, 1.54) is 31.5 Å². The van der Waals surface area contributed by atoms with Crippen LogP contribution in [0.15, 0.2) is 11.6 Å². The molecule has 1 saturated heterocycles. The fraction of sp³-hybridized carbons (Fsp3) is 0.778. The first-order valence-electron chi connectivity index (χ1n) is 4.32. The third-order valence-electron chi connectivity index (χ3n) is 2.15. The highest BCUT2D eigenvalue weighted by molar-refractivity contribution is 7.80. The molecule has 1 heterocycles. The number of hydrogen-bond donors (Lipinski definition) is 1. The summed E-state index contributed by atoms with van der Waals surface area (Å²) in [7, 11) is 0. The lowest BCUT2D eigenvalue weighted by molar-refractivity contribution is 0.376. The summed E-state index contributed by atoms with van der Waals surface area (Å²) in [6, 6.07) is 0. The molecule has 0 spiro atoms. The topological polar surface area (TPSA) is 3.24 Å². The number of thiol groups is 1. The fourth-order valence-electron chi connectivity index (χ4n) is 1.31. The standard InChI is InChI=1S/C9H17NS/c1-9(8-11)4-7-10-5-2-3-6-10/h4,11H,2-3,5-8H2,1H3. The summed E-state index contributed by atoms with van der Waals surface area (Å²) in [6.07, 6.45) is 5.06. The molecule has 0 aromatic rings. The zero-order valence-corrected chi connectivity index (χ0v) is 8.11. The van der Waals surface area contributed by atoms with Crippen LogP contribution in [-0.4, -0.2) is 30.3 Å². The van der Waals surface area contributed by atoms with Crippen molar-refractivity contribution in [3.8, 4) is 0 Å². The second-order valence-electron chi connectivity index (χ2n) is 3.22. The highest BCUT2D eigenvalue weighted by atomic mass is 32.1. The van der Waals surface area contributed by atoms with Crippen LogP contribution >= 0.6 is 12.6 Å². The van der Waals surface area contributed by atoms with Gasteiger partial charge in [0.05, 0.1) is 0 Å². The van der Waals surface area contributed by atoms with Crippen molar-refractivity contribution in [3.05, 3.63) is 11.6 Å². The molecule has 0 bridgehead atoms. The second kappa shape index (κ2) is 4.83. The molecule has 0 N–H and O–H groups in total. The van der Waals surface area contributed by atoms with Gasteiger partial charge in [-0.3, -0.25) is 4.90 Å². The number of nitrogens with zero attached hydrogens (tertiary/aromatic N) is 1. The molecule has 0 atom stereocenters. The van der Waals surface area contributed by atoms with Gasteiger partial charge in [-0.25, -0.2) is 0 Å². The largest absolute Gasteiger partial charge is 0.300 e. The normalized spacial score (nSPS) is 21.1. The van der Waals surface area contributed by atoms with E-state index in [1.54, 1.807) is 0 Å². The summed E-state index contributed by atoms with van der Waals surface area (Å²) in [4.78, 5) is 2.49. The molecule has 11 heavy (non-hydrogen) atoms. The van der Waals surface area contributed by atoms with Crippen LogP contribution in [0.5, 0.6) is 0 Å². The lowest BCUT2D eigenvalue weighted by atomic mass is 10.3. The van der Waals surface area contributed by atoms with Gasteiger partial charge in [0.1, 0.15) is 0 Å². The van der Waals surface area contributed by atoms with Crippen molar-refractivity contribution in [2.45, 2.75) is 19.8 Å². The SMILES string of the molecule is CC(=CCN1CCCC1)CS. The van der Waals surface area contributed by atoms with E-state index in [2.05, 4.69) is 30.5 Å². The van der Waals surface area contributed by atoms with Crippen LogP contribution in [0.1, 0.15) is 19.8 Å². The van der Waals surface area contributed by atoms with Gasteiger partial charge in [0.25, 0.3) is 0 Å². The third-order valence-corrected chi connectivity index (χ3v) is 2.64. The quantitative estimate of drug-likeness (QED) is 0.502. The highest BCUT2D eigenvalue weighted by Gasteiger charge is 2.08. The van der Waals surface area contributed by atoms with Gasteiger partial charge in [-0.2, -0.15) is 12.6 Å². The molecule has 64 valence electrons. The van der Waals surface area contributed by atoms with Crippen molar-refractivity contribution in [2.24, 2.45) is 0 Å². The Balaban J connectivity index is 2.19. The number of likely N-dealkylation sites (tertiary alicyclic amines) is 1. The fourth-order valence-corrected chi connectivity index (χ4v) is 1.44. The maximum Gasteiger partial charge on any atom is 0.0166 e. The molecular formula is C9H17NS. The van der Waals surface area contributed by atoms with Gasteiger partial charge >= 0.3 is 0 Å². The molecule has 0 aliphatic carbocycles. The van der Waals surface area contributed by atoms with E-state index in [1.807, 2.05) is 0 Å². The Bertz CT molecular complexity index is 136. The van der Waals surface area contributed by atoms with Gasteiger partial charge in [-0.1, -0.05) is 11.6 Å². The van der Waals surface area contributed by atoms with Crippen LogP contribution in [-0.2, 0) is 0 Å². The van der Waals surface area contributed by atoms with E-state index >= 15 is 0 Å². The Labute approximate surface area is 74.9 Å². The Morgan fingerprint density at radius 3 is 2.64 bits per heavy atom. The Kier molecular flexibility index (Phi) is 4.02. The number of rotatable bonds is 3. The van der Waals surface area contributed by atoms with Gasteiger partial charge in [0.15, 0.2) is 0 Å². The first-order chi connectivity index (χ1) is 5.33. The van der Waals surface area contributed by atoms with Crippen LogP contribution in [0, 0.1) is 0 Å². The van der Waals surface area contributed by atoms with Crippen LogP contribution in [0.3, 0.4) is 0 Å². The molecule has 1 rings (SSSR count). The lowest BCUT2D eigenvalue weighted by Gasteiger charge is -2.11. The van der Waals surface area contributed by atoms with Crippen LogP contribution in [0.4, 0.5) is 0 Å². The molecule has 1 aliphatic rings. The predicted octanol–water partition coefficient (Wildman–Crippen LogP) is 1.96. The Hall–Kier alpha value is 0.0500. The highest BCUT2D eigenvalue weighted by Crippen LogP contribution is 2.07. The molecule has 0 aromatic heterocycles. The maximum absolute atomic E-state index is 4.21. The second-order valence-corrected chi connectivity index (χ2v) is 3.53. The monoisotopic (exact) mass is 171 g/mol. The average Bonchev–Trinajstić information content (AvgIpc) is 2.52. The summed E-state index contributed by atoms with van der Waals surface area (Å²) >= 11 is 4.21. The van der Waals surface area contributed by atoms with Crippen molar-refractivity contribution in [3.63, 3.8) is 0 Å². The molecular weight excluding hydrogens is 154 g/mol. The zero-order valence-electron chi connectivity index (χ0n) is 7.21. The van der Waals surface area contributed by atoms with Crippen molar-refractivity contribution < 1.29 is 0 Å². The first kappa shape index (κ1) is 9.14. The van der Waals surface area contributed by atoms with Gasteiger partial charge in [-0.05, 0) is 32.9 Å². The van der Waals surface area contributed by atoms with E-state index in [0.717, 1.165) is 12.3 Å². The van der Waals surface area contributed by atoms with Gasteiger partial charge in [-0.15, -0.1) is 0 Å². The predicted molar refractivity (Wildman–Crippen MR) is 53.3 cm³/mol. The summed E-state index contributed by atoms with van der Waals surface area (Å²) in [5.41, 5.74) is 1.39. The third kappa shape index (κ3) is 3.30. The molecule has 1 fully saturated rings. The molecule has 0 radical (unpaired) electrons. The summed E-state index contributed by atoms with van der Waals surface area (Å²) in [6.45, 7) is 5.85. The molecule has 2 heteroatoms. The van der Waals surface area contributed by atoms with E-state index in [-0.39, 0.29) is 0 Å². The first-order valence-corrected chi connectivity index (χ1v) is 4.95.